The summed E-state index contributed by atoms with van der Waals surface area (Å²) in [6.07, 6.45) is 1.01. The normalized spacial score (nSPS) is 18.1. The Balaban J connectivity index is 1.80. The van der Waals surface area contributed by atoms with Crippen molar-refractivity contribution in [1.29, 1.82) is 0 Å². The topological polar surface area (TPSA) is 78.0 Å². The highest BCUT2D eigenvalue weighted by Crippen LogP contribution is 2.28. The van der Waals surface area contributed by atoms with Crippen LogP contribution in [0.1, 0.15) is 18.5 Å². The van der Waals surface area contributed by atoms with Crippen molar-refractivity contribution < 1.29 is 9.90 Å². The Kier molecular flexibility index (Phi) is 3.43. The second kappa shape index (κ2) is 5.10. The van der Waals surface area contributed by atoms with Crippen molar-refractivity contribution in [3.8, 4) is 0 Å². The molecule has 2 heterocycles. The van der Waals surface area contributed by atoms with E-state index in [-0.39, 0.29) is 5.91 Å². The van der Waals surface area contributed by atoms with Crippen LogP contribution in [0.3, 0.4) is 0 Å². The van der Waals surface area contributed by atoms with Crippen LogP contribution in [-0.2, 0) is 4.79 Å². The molecule has 0 unspecified atom stereocenters. The van der Waals surface area contributed by atoms with Gasteiger partial charge in [0.2, 0.25) is 0 Å². The highest BCUT2D eigenvalue weighted by Gasteiger charge is 2.37. The summed E-state index contributed by atoms with van der Waals surface area (Å²) < 4.78 is 0. The minimum absolute atomic E-state index is 0.315. The number of amides is 1. The maximum Gasteiger partial charge on any atom is 0.256 e. The van der Waals surface area contributed by atoms with Crippen LogP contribution >= 0.6 is 11.8 Å². The van der Waals surface area contributed by atoms with E-state index in [2.05, 4.69) is 15.5 Å². The summed E-state index contributed by atoms with van der Waals surface area (Å²) in [5.74, 6) is 1.33. The third-order valence-corrected chi connectivity index (χ3v) is 4.73. The average Bonchev–Trinajstić information content (AvgIpc) is 2.81. The number of benzene rings is 1. The second-order valence-electron chi connectivity index (χ2n) is 5.18. The lowest BCUT2D eigenvalue weighted by Crippen LogP contribution is -2.45. The van der Waals surface area contributed by atoms with E-state index < -0.39 is 5.60 Å². The Morgan fingerprint density at radius 2 is 2.20 bits per heavy atom. The van der Waals surface area contributed by atoms with E-state index in [0.717, 1.165) is 28.1 Å². The number of anilines is 1. The lowest BCUT2D eigenvalue weighted by molar-refractivity contribution is -0.134. The largest absolute Gasteiger partial charge is 0.380 e. The van der Waals surface area contributed by atoms with Crippen LogP contribution < -0.4 is 5.32 Å². The molecule has 20 heavy (non-hydrogen) atoms. The number of carbonyl (C=O) groups excluding carboxylic acids is 1. The zero-order chi connectivity index (χ0) is 14.2. The van der Waals surface area contributed by atoms with Crippen LogP contribution in [0, 0.1) is 6.92 Å². The van der Waals surface area contributed by atoms with Crippen molar-refractivity contribution in [3.05, 3.63) is 23.9 Å². The molecule has 3 rings (SSSR count). The molecule has 1 aliphatic rings. The van der Waals surface area contributed by atoms with Gasteiger partial charge in [-0.15, -0.1) is 0 Å². The zero-order valence-corrected chi connectivity index (χ0v) is 12.1. The molecule has 2 aromatic rings. The minimum Gasteiger partial charge on any atom is -0.380 e. The molecule has 0 aliphatic carbocycles. The van der Waals surface area contributed by atoms with E-state index in [1.165, 1.54) is 0 Å². The van der Waals surface area contributed by atoms with Crippen molar-refractivity contribution in [1.82, 2.24) is 10.2 Å². The highest BCUT2D eigenvalue weighted by atomic mass is 32.2. The lowest BCUT2D eigenvalue weighted by atomic mass is 9.95. The first-order chi connectivity index (χ1) is 9.58. The Hall–Kier alpha value is -1.53. The smallest absolute Gasteiger partial charge is 0.256 e. The molecule has 0 saturated carbocycles. The quantitative estimate of drug-likeness (QED) is 0.791. The number of fused-ring (bicyclic) bond motifs is 1. The first-order valence-corrected chi connectivity index (χ1v) is 7.80. The summed E-state index contributed by atoms with van der Waals surface area (Å²) in [5.41, 5.74) is 1.25. The molecule has 1 saturated heterocycles. The molecule has 0 bridgehead atoms. The number of carbonyl (C=O) groups is 1. The number of hydrogen-bond acceptors (Lipinski definition) is 4. The number of thioether (sulfide) groups is 1. The molecule has 1 aromatic carbocycles. The van der Waals surface area contributed by atoms with Gasteiger partial charge < -0.3 is 10.4 Å². The molecule has 106 valence electrons. The van der Waals surface area contributed by atoms with Gasteiger partial charge in [0.15, 0.2) is 0 Å². The molecule has 1 aliphatic heterocycles. The van der Waals surface area contributed by atoms with Crippen LogP contribution in [0.4, 0.5) is 5.69 Å². The Morgan fingerprint density at radius 3 is 2.95 bits per heavy atom. The minimum atomic E-state index is -1.23. The number of aromatic nitrogens is 2. The van der Waals surface area contributed by atoms with Gasteiger partial charge in [-0.1, -0.05) is 0 Å². The van der Waals surface area contributed by atoms with Crippen molar-refractivity contribution >= 4 is 34.3 Å². The number of aryl methyl sites for hydroxylation is 1. The van der Waals surface area contributed by atoms with Crippen LogP contribution in [-0.4, -0.2) is 38.3 Å². The van der Waals surface area contributed by atoms with Gasteiger partial charge in [-0.05, 0) is 49.5 Å². The molecule has 3 N–H and O–H groups in total. The molecule has 6 heteroatoms. The molecular weight excluding hydrogens is 274 g/mol. The van der Waals surface area contributed by atoms with Gasteiger partial charge >= 0.3 is 0 Å². The van der Waals surface area contributed by atoms with Gasteiger partial charge in [-0.3, -0.25) is 9.89 Å². The van der Waals surface area contributed by atoms with E-state index in [1.54, 1.807) is 11.8 Å². The van der Waals surface area contributed by atoms with E-state index in [9.17, 15) is 9.90 Å². The summed E-state index contributed by atoms with van der Waals surface area (Å²) in [6, 6.07) is 5.58. The van der Waals surface area contributed by atoms with Crippen LogP contribution in [0.2, 0.25) is 0 Å². The zero-order valence-electron chi connectivity index (χ0n) is 11.3. The van der Waals surface area contributed by atoms with E-state index >= 15 is 0 Å². The first-order valence-electron chi connectivity index (χ1n) is 6.65. The van der Waals surface area contributed by atoms with Crippen LogP contribution in [0.25, 0.3) is 10.9 Å². The monoisotopic (exact) mass is 291 g/mol. The maximum absolute atomic E-state index is 12.2. The molecule has 0 atom stereocenters. The fourth-order valence-electron chi connectivity index (χ4n) is 2.41. The van der Waals surface area contributed by atoms with Crippen molar-refractivity contribution in [3.63, 3.8) is 0 Å². The standard InChI is InChI=1S/C14H17N3O2S/c1-9-11-3-2-10(8-12(11)17-16-9)15-13(18)14(19)4-6-20-7-5-14/h2-3,8,19H,4-7H2,1H3,(H,15,18)(H,16,17). The van der Waals surface area contributed by atoms with Crippen molar-refractivity contribution in [2.45, 2.75) is 25.4 Å². The maximum atomic E-state index is 12.2. The Morgan fingerprint density at radius 1 is 1.45 bits per heavy atom. The highest BCUT2D eigenvalue weighted by molar-refractivity contribution is 7.99. The number of nitrogens with zero attached hydrogens (tertiary/aromatic N) is 1. The summed E-state index contributed by atoms with van der Waals surface area (Å²) in [7, 11) is 0. The molecular formula is C14H17N3O2S. The van der Waals surface area contributed by atoms with Crippen molar-refractivity contribution in [2.75, 3.05) is 16.8 Å². The summed E-state index contributed by atoms with van der Waals surface area (Å²) >= 11 is 1.77. The summed E-state index contributed by atoms with van der Waals surface area (Å²) in [5, 5.41) is 21.3. The lowest BCUT2D eigenvalue weighted by Gasteiger charge is -2.30. The number of hydrogen-bond donors (Lipinski definition) is 3. The predicted octanol–water partition coefficient (Wildman–Crippen LogP) is 2.07. The van der Waals surface area contributed by atoms with Gasteiger partial charge in [0.1, 0.15) is 5.60 Å². The number of H-pyrrole nitrogens is 1. The molecule has 0 radical (unpaired) electrons. The first kappa shape index (κ1) is 13.5. The summed E-state index contributed by atoms with van der Waals surface area (Å²) in [4.78, 5) is 12.2. The van der Waals surface area contributed by atoms with Gasteiger partial charge in [0, 0.05) is 16.8 Å². The second-order valence-corrected chi connectivity index (χ2v) is 6.40. The molecule has 0 spiro atoms. The van der Waals surface area contributed by atoms with Gasteiger partial charge in [0.05, 0.1) is 5.52 Å². The van der Waals surface area contributed by atoms with Gasteiger partial charge in [-0.25, -0.2) is 0 Å². The molecule has 1 aromatic heterocycles. The summed E-state index contributed by atoms with van der Waals surface area (Å²) in [6.45, 7) is 1.95. The SMILES string of the molecule is Cc1[nH]nc2cc(NC(=O)C3(O)CCSCC3)ccc12. The Bertz CT molecular complexity index is 647. The van der Waals surface area contributed by atoms with Crippen LogP contribution in [0.5, 0.6) is 0 Å². The third kappa shape index (κ3) is 2.41. The number of aromatic amines is 1. The van der Waals surface area contributed by atoms with Crippen molar-refractivity contribution in [2.24, 2.45) is 0 Å². The fourth-order valence-corrected chi connectivity index (χ4v) is 3.58. The molecule has 1 fully saturated rings. The number of aliphatic hydroxyl groups is 1. The van der Waals surface area contributed by atoms with E-state index in [4.69, 9.17) is 0 Å². The van der Waals surface area contributed by atoms with E-state index in [1.807, 2.05) is 25.1 Å². The fraction of sp³-hybridized carbons (Fsp3) is 0.429. The van der Waals surface area contributed by atoms with Gasteiger partial charge in [-0.2, -0.15) is 16.9 Å². The Labute approximate surface area is 121 Å². The predicted molar refractivity (Wildman–Crippen MR) is 81.0 cm³/mol. The third-order valence-electron chi connectivity index (χ3n) is 3.75. The number of rotatable bonds is 2. The molecule has 5 nitrogen and oxygen atoms in total. The van der Waals surface area contributed by atoms with Gasteiger partial charge in [0.25, 0.3) is 5.91 Å². The molecule has 1 amide bonds. The van der Waals surface area contributed by atoms with E-state index in [0.29, 0.717) is 18.5 Å². The average molecular weight is 291 g/mol. The van der Waals surface area contributed by atoms with Crippen LogP contribution in [0.15, 0.2) is 18.2 Å². The number of nitrogens with one attached hydrogen (secondary N) is 2.